The fraction of sp³-hybridized carbons (Fsp3) is 0.158. The van der Waals surface area contributed by atoms with Crippen molar-refractivity contribution in [2.24, 2.45) is 0 Å². The van der Waals surface area contributed by atoms with Crippen molar-refractivity contribution < 1.29 is 9.18 Å². The molecule has 25 heavy (non-hydrogen) atoms. The van der Waals surface area contributed by atoms with Gasteiger partial charge in [-0.15, -0.1) is 0 Å². The van der Waals surface area contributed by atoms with Gasteiger partial charge in [-0.3, -0.25) is 4.79 Å². The number of nitrogens with one attached hydrogen (secondary N) is 1. The topological polar surface area (TPSA) is 46.9 Å². The average molecular weight is 356 g/mol. The molecule has 1 amide bonds. The summed E-state index contributed by atoms with van der Waals surface area (Å²) >= 11 is 6.21. The molecule has 0 bridgehead atoms. The summed E-state index contributed by atoms with van der Waals surface area (Å²) in [6.45, 7) is 1.90. The van der Waals surface area contributed by atoms with Gasteiger partial charge in [-0.1, -0.05) is 29.8 Å². The first-order valence-electron chi connectivity index (χ1n) is 7.93. The minimum absolute atomic E-state index is 0.122. The first-order chi connectivity index (χ1) is 12.0. The van der Waals surface area contributed by atoms with Crippen LogP contribution < -0.4 is 5.32 Å². The van der Waals surface area contributed by atoms with E-state index in [1.807, 2.05) is 31.2 Å². The van der Waals surface area contributed by atoms with Crippen LogP contribution in [0.2, 0.25) is 5.02 Å². The Hall–Kier alpha value is -2.66. The van der Waals surface area contributed by atoms with Crippen molar-refractivity contribution in [2.45, 2.75) is 19.3 Å². The van der Waals surface area contributed by atoms with E-state index in [0.29, 0.717) is 10.8 Å². The fourth-order valence-corrected chi connectivity index (χ4v) is 3.42. The van der Waals surface area contributed by atoms with E-state index in [1.165, 1.54) is 12.1 Å². The minimum atomic E-state index is -0.317. The molecule has 1 aliphatic heterocycles. The van der Waals surface area contributed by atoms with Crippen molar-refractivity contribution in [1.29, 1.82) is 0 Å². The average Bonchev–Trinajstić information content (AvgIpc) is 3.00. The van der Waals surface area contributed by atoms with Crippen molar-refractivity contribution >= 4 is 23.3 Å². The number of anilines is 1. The van der Waals surface area contributed by atoms with Gasteiger partial charge in [0.15, 0.2) is 0 Å². The van der Waals surface area contributed by atoms with Gasteiger partial charge in [0.2, 0.25) is 5.91 Å². The molecule has 0 fully saturated rings. The highest BCUT2D eigenvalue weighted by Gasteiger charge is 2.30. The molecular formula is C19H15ClFN3O. The summed E-state index contributed by atoms with van der Waals surface area (Å²) in [5.74, 6) is -0.0603. The van der Waals surface area contributed by atoms with Gasteiger partial charge < -0.3 is 5.32 Å². The van der Waals surface area contributed by atoms with E-state index in [-0.39, 0.29) is 24.1 Å². The highest BCUT2D eigenvalue weighted by Crippen LogP contribution is 2.38. The van der Waals surface area contributed by atoms with Crippen LogP contribution in [0.1, 0.15) is 29.0 Å². The van der Waals surface area contributed by atoms with Crippen LogP contribution in [0, 0.1) is 12.7 Å². The van der Waals surface area contributed by atoms with Crippen LogP contribution >= 0.6 is 11.6 Å². The van der Waals surface area contributed by atoms with Crippen LogP contribution in [0.4, 0.5) is 10.2 Å². The number of benzene rings is 2. The lowest BCUT2D eigenvalue weighted by Crippen LogP contribution is -2.24. The Bertz CT molecular complexity index is 983. The number of fused-ring (bicyclic) bond motifs is 1. The third-order valence-corrected chi connectivity index (χ3v) is 4.95. The number of hydrogen-bond acceptors (Lipinski definition) is 2. The largest absolute Gasteiger partial charge is 0.310 e. The monoisotopic (exact) mass is 355 g/mol. The Balaban J connectivity index is 1.86. The lowest BCUT2D eigenvalue weighted by molar-refractivity contribution is -0.116. The molecule has 0 saturated carbocycles. The molecule has 2 heterocycles. The number of carbonyl (C=O) groups excluding carboxylic acids is 1. The van der Waals surface area contributed by atoms with Gasteiger partial charge in [0.1, 0.15) is 11.6 Å². The second-order valence-electron chi connectivity index (χ2n) is 6.10. The number of rotatable bonds is 2. The Morgan fingerprint density at radius 1 is 1.28 bits per heavy atom. The van der Waals surface area contributed by atoms with Crippen molar-refractivity contribution in [3.63, 3.8) is 0 Å². The van der Waals surface area contributed by atoms with Gasteiger partial charge in [0, 0.05) is 22.9 Å². The number of amides is 1. The molecule has 0 spiro atoms. The summed E-state index contributed by atoms with van der Waals surface area (Å²) in [7, 11) is 0. The first-order valence-corrected chi connectivity index (χ1v) is 8.31. The van der Waals surface area contributed by atoms with E-state index in [9.17, 15) is 9.18 Å². The maximum absolute atomic E-state index is 13.6. The Morgan fingerprint density at radius 3 is 2.88 bits per heavy atom. The van der Waals surface area contributed by atoms with E-state index in [4.69, 9.17) is 11.6 Å². The number of nitrogens with zero attached hydrogens (tertiary/aromatic N) is 2. The Morgan fingerprint density at radius 2 is 2.08 bits per heavy atom. The molecule has 2 aromatic carbocycles. The van der Waals surface area contributed by atoms with Gasteiger partial charge >= 0.3 is 0 Å². The number of carbonyl (C=O) groups is 1. The summed E-state index contributed by atoms with van der Waals surface area (Å²) in [6.07, 6.45) is 1.99. The highest BCUT2D eigenvalue weighted by molar-refractivity contribution is 6.31. The van der Waals surface area contributed by atoms with Crippen molar-refractivity contribution in [2.75, 3.05) is 5.32 Å². The Labute approximate surface area is 149 Å². The molecule has 0 aliphatic carbocycles. The van der Waals surface area contributed by atoms with Crippen molar-refractivity contribution in [3.05, 3.63) is 76.2 Å². The van der Waals surface area contributed by atoms with Crippen LogP contribution in [-0.4, -0.2) is 15.7 Å². The second-order valence-corrected chi connectivity index (χ2v) is 6.51. The van der Waals surface area contributed by atoms with Gasteiger partial charge in [-0.25, -0.2) is 9.07 Å². The SMILES string of the molecule is Cc1c(Cl)cccc1-n1ncc2c1NC(=O)C[C@@H]2c1cccc(F)c1. The summed E-state index contributed by atoms with van der Waals surface area (Å²) in [5, 5.41) is 7.98. The molecule has 3 aromatic rings. The molecule has 4 nitrogen and oxygen atoms in total. The number of aromatic nitrogens is 2. The maximum atomic E-state index is 13.6. The summed E-state index contributed by atoms with van der Waals surface area (Å²) in [5.41, 5.74) is 3.30. The Kier molecular flexibility index (Phi) is 3.81. The molecule has 1 N–H and O–H groups in total. The smallest absolute Gasteiger partial charge is 0.226 e. The lowest BCUT2D eigenvalue weighted by atomic mass is 9.87. The highest BCUT2D eigenvalue weighted by atomic mass is 35.5. The summed E-state index contributed by atoms with van der Waals surface area (Å²) in [6, 6.07) is 11.9. The van der Waals surface area contributed by atoms with E-state index in [1.54, 1.807) is 16.9 Å². The van der Waals surface area contributed by atoms with Crippen LogP contribution in [0.25, 0.3) is 5.69 Å². The molecule has 126 valence electrons. The van der Waals surface area contributed by atoms with Gasteiger partial charge in [0.05, 0.1) is 11.9 Å². The van der Waals surface area contributed by atoms with Crippen molar-refractivity contribution in [1.82, 2.24) is 9.78 Å². The van der Waals surface area contributed by atoms with E-state index in [2.05, 4.69) is 10.4 Å². The minimum Gasteiger partial charge on any atom is -0.310 e. The number of hydrogen-bond donors (Lipinski definition) is 1. The predicted octanol–water partition coefficient (Wildman–Crippen LogP) is 4.45. The normalized spacial score (nSPS) is 16.4. The van der Waals surface area contributed by atoms with Gasteiger partial charge in [0.25, 0.3) is 0 Å². The third-order valence-electron chi connectivity index (χ3n) is 4.54. The first kappa shape index (κ1) is 15.8. The van der Waals surface area contributed by atoms with Crippen LogP contribution in [-0.2, 0) is 4.79 Å². The quantitative estimate of drug-likeness (QED) is 0.738. The van der Waals surface area contributed by atoms with E-state index in [0.717, 1.165) is 22.4 Å². The maximum Gasteiger partial charge on any atom is 0.226 e. The van der Waals surface area contributed by atoms with Crippen LogP contribution in [0.15, 0.2) is 48.7 Å². The molecule has 0 unspecified atom stereocenters. The molecule has 1 atom stereocenters. The van der Waals surface area contributed by atoms with Crippen molar-refractivity contribution in [3.8, 4) is 5.69 Å². The summed E-state index contributed by atoms with van der Waals surface area (Å²) < 4.78 is 15.3. The predicted molar refractivity (Wildman–Crippen MR) is 94.8 cm³/mol. The third kappa shape index (κ3) is 2.70. The molecule has 1 aromatic heterocycles. The van der Waals surface area contributed by atoms with Gasteiger partial charge in [-0.05, 0) is 42.3 Å². The zero-order chi connectivity index (χ0) is 17.6. The van der Waals surface area contributed by atoms with Gasteiger partial charge in [-0.2, -0.15) is 5.10 Å². The van der Waals surface area contributed by atoms with Crippen LogP contribution in [0.3, 0.4) is 0 Å². The molecular weight excluding hydrogens is 341 g/mol. The molecule has 4 rings (SSSR count). The molecule has 0 radical (unpaired) electrons. The fourth-order valence-electron chi connectivity index (χ4n) is 3.25. The molecule has 1 aliphatic rings. The zero-order valence-electron chi connectivity index (χ0n) is 13.5. The van der Waals surface area contributed by atoms with Crippen LogP contribution in [0.5, 0.6) is 0 Å². The molecule has 0 saturated heterocycles. The summed E-state index contributed by atoms with van der Waals surface area (Å²) in [4.78, 5) is 12.3. The van der Waals surface area contributed by atoms with E-state index < -0.39 is 0 Å². The zero-order valence-corrected chi connectivity index (χ0v) is 14.2. The lowest BCUT2D eigenvalue weighted by Gasteiger charge is -2.24. The standard InChI is InChI=1S/C19H15ClFN3O/c1-11-16(20)6-3-7-17(11)24-19-15(10-22-24)14(9-18(25)23-19)12-4-2-5-13(21)8-12/h2-8,10,14H,9H2,1H3,(H,23,25)/t14-/m1/s1. The number of halogens is 2. The second kappa shape index (κ2) is 6.01. The van der Waals surface area contributed by atoms with E-state index >= 15 is 0 Å². The molecule has 6 heteroatoms.